The van der Waals surface area contributed by atoms with Crippen LogP contribution in [0.25, 0.3) is 11.5 Å². The quantitative estimate of drug-likeness (QED) is 0.222. The Kier molecular flexibility index (Phi) is 8.10. The summed E-state index contributed by atoms with van der Waals surface area (Å²) in [7, 11) is -1.52. The highest BCUT2D eigenvalue weighted by Gasteiger charge is 2.39. The first kappa shape index (κ1) is 26.8. The molecule has 0 spiro atoms. The molecule has 0 saturated carbocycles. The van der Waals surface area contributed by atoms with E-state index in [1.807, 2.05) is 0 Å². The summed E-state index contributed by atoms with van der Waals surface area (Å²) in [6.45, 7) is 4.79. The number of hydrogen-bond acceptors (Lipinski definition) is 9. The van der Waals surface area contributed by atoms with Gasteiger partial charge in [0.1, 0.15) is 17.6 Å². The van der Waals surface area contributed by atoms with Crippen molar-refractivity contribution in [1.82, 2.24) is 9.29 Å². The molecule has 3 aromatic rings. The fourth-order valence-corrected chi connectivity index (χ4v) is 5.30. The minimum Gasteiger partial charge on any atom is -0.497 e. The van der Waals surface area contributed by atoms with Crippen LogP contribution in [0.3, 0.4) is 0 Å². The molecule has 0 unspecified atom stereocenters. The minimum atomic E-state index is -4.19. The van der Waals surface area contributed by atoms with Crippen LogP contribution in [0.4, 0.5) is 5.69 Å². The summed E-state index contributed by atoms with van der Waals surface area (Å²) in [5, 5.41) is 10.9. The summed E-state index contributed by atoms with van der Waals surface area (Å²) in [4.78, 5) is 27.5. The predicted octanol–water partition coefficient (Wildman–Crippen LogP) is 3.96. The fourth-order valence-electron chi connectivity index (χ4n) is 3.63. The maximum absolute atomic E-state index is 13.7. The van der Waals surface area contributed by atoms with Gasteiger partial charge < -0.3 is 13.9 Å². The second-order valence-corrected chi connectivity index (χ2v) is 10.2. The number of hydrogen-bond donors (Lipinski definition) is 0. The zero-order chi connectivity index (χ0) is 26.6. The average molecular weight is 518 g/mol. The summed E-state index contributed by atoms with van der Waals surface area (Å²) >= 11 is 0. The Balaban J connectivity index is 2.05. The van der Waals surface area contributed by atoms with Gasteiger partial charge in [-0.2, -0.15) is 4.31 Å². The normalized spacial score (nSPS) is 12.5. The number of benzene rings is 2. The maximum Gasteiger partial charge on any atom is 0.324 e. The largest absolute Gasteiger partial charge is 0.497 e. The minimum absolute atomic E-state index is 0.0328. The molecule has 0 N–H and O–H groups in total. The summed E-state index contributed by atoms with van der Waals surface area (Å²) < 4.78 is 44.3. The van der Waals surface area contributed by atoms with Crippen LogP contribution in [0, 0.1) is 23.0 Å². The Bertz CT molecular complexity index is 1330. The molecule has 1 aromatic heterocycles. The van der Waals surface area contributed by atoms with Gasteiger partial charge in [0.05, 0.1) is 36.3 Å². The van der Waals surface area contributed by atoms with Crippen LogP contribution >= 0.6 is 0 Å². The standard InChI is InChI=1S/C24H27N3O8S/c1-15(2)22(24(28)34-5)26(36(31,32)20-12-10-19(33-4)11-13-20)14-21-16(3)35-23(25-21)17-6-8-18(9-7-17)27(29)30/h6-13,15,22H,14H2,1-5H3/t22-/m1/s1. The van der Waals surface area contributed by atoms with Crippen molar-refractivity contribution in [2.24, 2.45) is 5.92 Å². The second kappa shape index (κ2) is 10.9. The molecular formula is C24H27N3O8S. The Morgan fingerprint density at radius 3 is 2.22 bits per heavy atom. The van der Waals surface area contributed by atoms with Gasteiger partial charge in [-0.15, -0.1) is 0 Å². The summed E-state index contributed by atoms with van der Waals surface area (Å²) in [6.07, 6.45) is 0. The third kappa shape index (κ3) is 5.55. The van der Waals surface area contributed by atoms with Gasteiger partial charge in [0.2, 0.25) is 15.9 Å². The molecule has 2 aromatic carbocycles. The average Bonchev–Trinajstić information content (AvgIpc) is 3.23. The number of rotatable bonds is 10. The van der Waals surface area contributed by atoms with E-state index in [1.54, 1.807) is 20.8 Å². The molecule has 0 bridgehead atoms. The highest BCUT2D eigenvalue weighted by molar-refractivity contribution is 7.89. The number of oxazole rings is 1. The Morgan fingerprint density at radius 2 is 1.72 bits per heavy atom. The predicted molar refractivity (Wildman–Crippen MR) is 130 cm³/mol. The van der Waals surface area contributed by atoms with Gasteiger partial charge in [0.15, 0.2) is 0 Å². The van der Waals surface area contributed by atoms with Crippen LogP contribution in [-0.2, 0) is 26.1 Å². The monoisotopic (exact) mass is 517 g/mol. The van der Waals surface area contributed by atoms with Crippen LogP contribution in [-0.4, -0.2) is 48.9 Å². The van der Waals surface area contributed by atoms with E-state index in [2.05, 4.69) is 4.98 Å². The first-order chi connectivity index (χ1) is 17.0. The highest BCUT2D eigenvalue weighted by atomic mass is 32.2. The van der Waals surface area contributed by atoms with Gasteiger partial charge in [-0.1, -0.05) is 13.8 Å². The van der Waals surface area contributed by atoms with Crippen molar-refractivity contribution < 1.29 is 32.0 Å². The van der Waals surface area contributed by atoms with Crippen LogP contribution in [0.1, 0.15) is 25.3 Å². The molecule has 0 saturated heterocycles. The number of ether oxygens (including phenoxy) is 2. The Hall–Kier alpha value is -3.77. The van der Waals surface area contributed by atoms with Crippen molar-refractivity contribution >= 4 is 21.7 Å². The molecule has 0 amide bonds. The molecule has 0 aliphatic rings. The summed E-state index contributed by atoms with van der Waals surface area (Å²) in [5.41, 5.74) is 0.680. The van der Waals surface area contributed by atoms with Crippen molar-refractivity contribution in [2.45, 2.75) is 38.3 Å². The molecule has 11 nitrogen and oxygen atoms in total. The number of carbonyl (C=O) groups is 1. The molecule has 0 fully saturated rings. The molecule has 0 radical (unpaired) electrons. The molecule has 1 heterocycles. The van der Waals surface area contributed by atoms with E-state index in [-0.39, 0.29) is 28.7 Å². The number of non-ortho nitro benzene ring substituents is 1. The van der Waals surface area contributed by atoms with Crippen molar-refractivity contribution in [3.05, 3.63) is 70.1 Å². The number of sulfonamides is 1. The van der Waals surface area contributed by atoms with Gasteiger partial charge >= 0.3 is 5.97 Å². The van der Waals surface area contributed by atoms with Crippen LogP contribution in [0.15, 0.2) is 57.8 Å². The number of aryl methyl sites for hydroxylation is 1. The van der Waals surface area contributed by atoms with Gasteiger partial charge in [-0.25, -0.2) is 13.4 Å². The molecular weight excluding hydrogens is 490 g/mol. The van der Waals surface area contributed by atoms with Gasteiger partial charge in [0.25, 0.3) is 5.69 Å². The van der Waals surface area contributed by atoms with Gasteiger partial charge in [-0.05, 0) is 49.2 Å². The number of aromatic nitrogens is 1. The van der Waals surface area contributed by atoms with E-state index in [0.29, 0.717) is 17.1 Å². The van der Waals surface area contributed by atoms with Crippen molar-refractivity contribution in [3.63, 3.8) is 0 Å². The van der Waals surface area contributed by atoms with E-state index >= 15 is 0 Å². The fraction of sp³-hybridized carbons (Fsp3) is 0.333. The summed E-state index contributed by atoms with van der Waals surface area (Å²) in [5.74, 6) is -0.149. The van der Waals surface area contributed by atoms with E-state index in [1.165, 1.54) is 62.8 Å². The second-order valence-electron chi connectivity index (χ2n) is 8.26. The third-order valence-electron chi connectivity index (χ3n) is 5.57. The van der Waals surface area contributed by atoms with Crippen molar-refractivity contribution in [2.75, 3.05) is 14.2 Å². The van der Waals surface area contributed by atoms with Gasteiger partial charge in [-0.3, -0.25) is 14.9 Å². The van der Waals surface area contributed by atoms with E-state index < -0.39 is 32.9 Å². The van der Waals surface area contributed by atoms with E-state index in [0.717, 1.165) is 4.31 Å². The number of carbonyl (C=O) groups excluding carboxylic acids is 1. The number of nitrogens with zero attached hydrogens (tertiary/aromatic N) is 3. The summed E-state index contributed by atoms with van der Waals surface area (Å²) in [6, 6.07) is 10.3. The lowest BCUT2D eigenvalue weighted by Gasteiger charge is -2.31. The zero-order valence-corrected chi connectivity index (χ0v) is 21.3. The SMILES string of the molecule is COC(=O)[C@@H](C(C)C)N(Cc1nc(-c2ccc([N+](=O)[O-])cc2)oc1C)S(=O)(=O)c1ccc(OC)cc1. The topological polar surface area (TPSA) is 142 Å². The zero-order valence-electron chi connectivity index (χ0n) is 20.5. The Morgan fingerprint density at radius 1 is 1.11 bits per heavy atom. The molecule has 192 valence electrons. The number of methoxy groups -OCH3 is 2. The number of nitro groups is 1. The number of esters is 1. The lowest BCUT2D eigenvalue weighted by Crippen LogP contribution is -2.48. The van der Waals surface area contributed by atoms with Gasteiger partial charge in [0, 0.05) is 17.7 Å². The molecule has 0 aliphatic carbocycles. The maximum atomic E-state index is 13.7. The first-order valence-corrected chi connectivity index (χ1v) is 12.4. The van der Waals surface area contributed by atoms with E-state index in [9.17, 15) is 23.3 Å². The van der Waals surface area contributed by atoms with Crippen molar-refractivity contribution in [1.29, 1.82) is 0 Å². The first-order valence-electron chi connectivity index (χ1n) is 10.9. The van der Waals surface area contributed by atoms with Crippen LogP contribution < -0.4 is 4.74 Å². The van der Waals surface area contributed by atoms with E-state index in [4.69, 9.17) is 13.9 Å². The molecule has 1 atom stereocenters. The lowest BCUT2D eigenvalue weighted by atomic mass is 10.0. The van der Waals surface area contributed by atoms with Crippen LogP contribution in [0.5, 0.6) is 5.75 Å². The molecule has 36 heavy (non-hydrogen) atoms. The van der Waals surface area contributed by atoms with Crippen molar-refractivity contribution in [3.8, 4) is 17.2 Å². The van der Waals surface area contributed by atoms with Crippen LogP contribution in [0.2, 0.25) is 0 Å². The third-order valence-corrected chi connectivity index (χ3v) is 7.42. The molecule has 3 rings (SSSR count). The molecule has 0 aliphatic heterocycles. The molecule has 12 heteroatoms. The number of nitro benzene ring substituents is 1. The highest BCUT2D eigenvalue weighted by Crippen LogP contribution is 2.29. The lowest BCUT2D eigenvalue weighted by molar-refractivity contribution is -0.384. The Labute approximate surface area is 208 Å². The smallest absolute Gasteiger partial charge is 0.324 e.